The first-order valence-electron chi connectivity index (χ1n) is 10.6. The molecule has 0 aliphatic rings. The third-order valence-electron chi connectivity index (χ3n) is 5.07. The normalized spacial score (nSPS) is 11.2. The Morgan fingerprint density at radius 1 is 1.17 bits per heavy atom. The van der Waals surface area contributed by atoms with Crippen molar-refractivity contribution >= 4 is 73.5 Å². The first kappa shape index (κ1) is 24.0. The second-order valence-corrected chi connectivity index (χ2v) is 10.8. The van der Waals surface area contributed by atoms with Gasteiger partial charge in [-0.1, -0.05) is 60.0 Å². The number of aromatic amines is 1. The van der Waals surface area contributed by atoms with E-state index in [4.69, 9.17) is 4.98 Å². The summed E-state index contributed by atoms with van der Waals surface area (Å²) in [6.07, 6.45) is 0. The number of anilines is 1. The summed E-state index contributed by atoms with van der Waals surface area (Å²) in [6.45, 7) is 2.00. The minimum Gasteiger partial charge on any atom is -0.349 e. The van der Waals surface area contributed by atoms with Crippen LogP contribution in [0.1, 0.15) is 6.92 Å². The number of carbonyl (C=O) groups is 1. The molecule has 0 bridgehead atoms. The second-order valence-electron chi connectivity index (χ2n) is 7.35. The smallest absolute Gasteiger partial charge is 0.283 e. The average molecular weight is 540 g/mol. The van der Waals surface area contributed by atoms with E-state index in [9.17, 15) is 19.7 Å². The fraction of sp³-hybridized carbons (Fsp3) is 0.136. The number of hydrogen-bond acceptors (Lipinski definition) is 10. The molecule has 3 heterocycles. The van der Waals surface area contributed by atoms with Gasteiger partial charge in [-0.15, -0.1) is 10.2 Å². The Kier molecular flexibility index (Phi) is 6.71. The molecule has 0 radical (unpaired) electrons. The molecule has 5 rings (SSSR count). The zero-order valence-electron chi connectivity index (χ0n) is 18.6. The summed E-state index contributed by atoms with van der Waals surface area (Å²) in [5.41, 5.74) is 1.47. The van der Waals surface area contributed by atoms with Crippen LogP contribution in [0.2, 0.25) is 0 Å². The van der Waals surface area contributed by atoms with Gasteiger partial charge in [0.15, 0.2) is 9.50 Å². The van der Waals surface area contributed by atoms with Crippen LogP contribution < -0.4 is 10.9 Å². The van der Waals surface area contributed by atoms with Gasteiger partial charge >= 0.3 is 0 Å². The van der Waals surface area contributed by atoms with E-state index in [0.29, 0.717) is 21.9 Å². The maximum atomic E-state index is 13.6. The Labute approximate surface area is 215 Å². The highest BCUT2D eigenvalue weighted by Crippen LogP contribution is 2.28. The van der Waals surface area contributed by atoms with Crippen molar-refractivity contribution in [2.45, 2.75) is 16.4 Å². The summed E-state index contributed by atoms with van der Waals surface area (Å²) in [5.74, 6) is 0.483. The fourth-order valence-corrected chi connectivity index (χ4v) is 5.99. The SMILES string of the molecule is CCSc1nnc(NC(=O)CSc2nc3c([nH]c4ccccc43)c(=O)n2-c2ccc([N+](=O)[O-])cc2)s1. The molecule has 11 nitrogen and oxygen atoms in total. The number of amides is 1. The summed E-state index contributed by atoms with van der Waals surface area (Å²) in [5, 5.41) is 23.3. The molecule has 2 N–H and O–H groups in total. The molecule has 0 saturated heterocycles. The molecule has 14 heteroatoms. The average Bonchev–Trinajstić information content (AvgIpc) is 3.47. The lowest BCUT2D eigenvalue weighted by Gasteiger charge is -2.12. The van der Waals surface area contributed by atoms with Crippen molar-refractivity contribution in [1.82, 2.24) is 24.7 Å². The molecule has 1 amide bonds. The minimum absolute atomic E-state index is 0.0386. The van der Waals surface area contributed by atoms with Crippen LogP contribution in [-0.4, -0.2) is 47.1 Å². The van der Waals surface area contributed by atoms with E-state index in [2.05, 4.69) is 20.5 Å². The summed E-state index contributed by atoms with van der Waals surface area (Å²) in [7, 11) is 0. The van der Waals surface area contributed by atoms with Crippen molar-refractivity contribution in [3.8, 4) is 5.69 Å². The molecule has 0 atom stereocenters. The van der Waals surface area contributed by atoms with E-state index >= 15 is 0 Å². The zero-order valence-corrected chi connectivity index (χ0v) is 21.1. The van der Waals surface area contributed by atoms with Crippen LogP contribution in [-0.2, 0) is 4.79 Å². The summed E-state index contributed by atoms with van der Waals surface area (Å²) < 4.78 is 2.11. The molecule has 0 saturated carbocycles. The third-order valence-corrected chi connectivity index (χ3v) is 7.86. The standard InChI is InChI=1S/C22H17N7O4S3/c1-2-34-22-27-26-20(36-22)24-16(30)11-35-21-25-17-14-5-3-4-6-15(14)23-18(17)19(31)28(21)12-7-9-13(10-8-12)29(32)33/h3-10,23H,2,11H2,1H3,(H,24,26,30). The van der Waals surface area contributed by atoms with Gasteiger partial charge in [-0.3, -0.25) is 29.6 Å². The van der Waals surface area contributed by atoms with Crippen molar-refractivity contribution in [1.29, 1.82) is 0 Å². The van der Waals surface area contributed by atoms with Crippen molar-refractivity contribution in [2.75, 3.05) is 16.8 Å². The van der Waals surface area contributed by atoms with Crippen molar-refractivity contribution in [3.05, 3.63) is 69.0 Å². The molecule has 36 heavy (non-hydrogen) atoms. The molecule has 0 spiro atoms. The predicted octanol–water partition coefficient (Wildman–Crippen LogP) is 4.47. The maximum Gasteiger partial charge on any atom is 0.283 e. The zero-order chi connectivity index (χ0) is 25.2. The minimum atomic E-state index is -0.510. The molecule has 0 unspecified atom stereocenters. The number of rotatable bonds is 8. The van der Waals surface area contributed by atoms with Crippen LogP contribution in [0.25, 0.3) is 27.6 Å². The van der Waals surface area contributed by atoms with Crippen LogP contribution in [0.15, 0.2) is 62.8 Å². The number of nitro benzene ring substituents is 1. The van der Waals surface area contributed by atoms with Crippen molar-refractivity contribution < 1.29 is 9.72 Å². The number of H-pyrrole nitrogens is 1. The van der Waals surface area contributed by atoms with Gasteiger partial charge in [0.05, 0.1) is 16.4 Å². The number of nitrogens with one attached hydrogen (secondary N) is 2. The Balaban J connectivity index is 1.51. The fourth-order valence-electron chi connectivity index (χ4n) is 3.52. The van der Waals surface area contributed by atoms with Gasteiger partial charge < -0.3 is 4.98 Å². The van der Waals surface area contributed by atoms with Gasteiger partial charge in [0.2, 0.25) is 11.0 Å². The topological polar surface area (TPSA) is 149 Å². The van der Waals surface area contributed by atoms with Gasteiger partial charge in [0.1, 0.15) is 11.0 Å². The third kappa shape index (κ3) is 4.69. The van der Waals surface area contributed by atoms with E-state index in [1.807, 2.05) is 31.2 Å². The highest BCUT2D eigenvalue weighted by atomic mass is 32.2. The van der Waals surface area contributed by atoms with Gasteiger partial charge in [-0.2, -0.15) is 0 Å². The van der Waals surface area contributed by atoms with Crippen LogP contribution in [0.4, 0.5) is 10.8 Å². The predicted molar refractivity (Wildman–Crippen MR) is 142 cm³/mol. The number of nitrogens with zero attached hydrogens (tertiary/aromatic N) is 5. The van der Waals surface area contributed by atoms with Crippen LogP contribution in [0, 0.1) is 10.1 Å². The largest absolute Gasteiger partial charge is 0.349 e. The molecule has 0 aliphatic carbocycles. The number of para-hydroxylation sites is 1. The van der Waals surface area contributed by atoms with Gasteiger partial charge in [-0.25, -0.2) is 4.98 Å². The molecular weight excluding hydrogens is 522 g/mol. The highest BCUT2D eigenvalue weighted by molar-refractivity contribution is 8.01. The lowest BCUT2D eigenvalue weighted by atomic mass is 10.2. The second kappa shape index (κ2) is 10.1. The number of fused-ring (bicyclic) bond motifs is 3. The number of nitro groups is 1. The lowest BCUT2D eigenvalue weighted by molar-refractivity contribution is -0.384. The molecule has 0 fully saturated rings. The molecule has 0 aliphatic heterocycles. The number of carbonyl (C=O) groups excluding carboxylic acids is 1. The number of non-ortho nitro benzene ring substituents is 1. The maximum absolute atomic E-state index is 13.6. The first-order chi connectivity index (χ1) is 17.4. The number of hydrogen-bond donors (Lipinski definition) is 2. The lowest BCUT2D eigenvalue weighted by Crippen LogP contribution is -2.23. The van der Waals surface area contributed by atoms with E-state index in [-0.39, 0.29) is 28.1 Å². The monoisotopic (exact) mass is 539 g/mol. The van der Waals surface area contributed by atoms with E-state index in [1.54, 1.807) is 0 Å². The van der Waals surface area contributed by atoms with Gasteiger partial charge in [-0.05, 0) is 24.0 Å². The van der Waals surface area contributed by atoms with E-state index in [0.717, 1.165) is 32.8 Å². The number of aromatic nitrogens is 5. The highest BCUT2D eigenvalue weighted by Gasteiger charge is 2.19. The van der Waals surface area contributed by atoms with Crippen molar-refractivity contribution in [2.24, 2.45) is 0 Å². The molecule has 2 aromatic carbocycles. The van der Waals surface area contributed by atoms with E-state index < -0.39 is 4.92 Å². The molecule has 3 aromatic heterocycles. The molecule has 5 aromatic rings. The summed E-state index contributed by atoms with van der Waals surface area (Å²) in [6, 6.07) is 13.0. The van der Waals surface area contributed by atoms with Crippen LogP contribution in [0.5, 0.6) is 0 Å². The van der Waals surface area contributed by atoms with Crippen LogP contribution in [0.3, 0.4) is 0 Å². The van der Waals surface area contributed by atoms with E-state index in [1.165, 1.54) is 51.9 Å². The summed E-state index contributed by atoms with van der Waals surface area (Å²) in [4.78, 5) is 44.6. The van der Waals surface area contributed by atoms with Gasteiger partial charge in [0, 0.05) is 23.0 Å². The molecule has 182 valence electrons. The Morgan fingerprint density at radius 3 is 2.69 bits per heavy atom. The number of thioether (sulfide) groups is 2. The Hall–Kier alpha value is -3.75. The van der Waals surface area contributed by atoms with Crippen LogP contribution >= 0.6 is 34.9 Å². The Bertz CT molecular complexity index is 1660. The first-order valence-corrected chi connectivity index (χ1v) is 13.4. The molecular formula is C22H17N7O4S3. The Morgan fingerprint density at radius 2 is 1.94 bits per heavy atom. The van der Waals surface area contributed by atoms with Crippen molar-refractivity contribution in [3.63, 3.8) is 0 Å². The van der Waals surface area contributed by atoms with Gasteiger partial charge in [0.25, 0.3) is 11.2 Å². The number of benzene rings is 2. The quantitative estimate of drug-likeness (QED) is 0.0957. The summed E-state index contributed by atoms with van der Waals surface area (Å²) >= 11 is 3.90.